The first kappa shape index (κ1) is 12.5. The molecule has 0 aliphatic carbocycles. The molecule has 1 aromatic carbocycles. The zero-order chi connectivity index (χ0) is 12.4. The molecule has 0 saturated carbocycles. The van der Waals surface area contributed by atoms with Crippen molar-refractivity contribution in [2.45, 2.75) is 0 Å². The maximum absolute atomic E-state index is 5.91. The normalized spacial score (nSPS) is 10.3. The number of nitrogens with zero attached hydrogens (tertiary/aromatic N) is 1. The van der Waals surface area contributed by atoms with Crippen LogP contribution in [0.2, 0.25) is 10.2 Å². The van der Waals surface area contributed by atoms with Crippen molar-refractivity contribution >= 4 is 56.3 Å². The zero-order valence-electron chi connectivity index (χ0n) is 8.55. The van der Waals surface area contributed by atoms with Gasteiger partial charge in [-0.15, -0.1) is 0 Å². The van der Waals surface area contributed by atoms with Gasteiger partial charge in [0.15, 0.2) is 0 Å². The van der Waals surface area contributed by atoms with Gasteiger partial charge in [-0.2, -0.15) is 0 Å². The van der Waals surface area contributed by atoms with Crippen LogP contribution in [0.25, 0.3) is 0 Å². The fourth-order valence-corrected chi connectivity index (χ4v) is 2.05. The number of nitrogens with two attached hydrogens (primary N) is 1. The van der Waals surface area contributed by atoms with E-state index < -0.39 is 0 Å². The van der Waals surface area contributed by atoms with Crippen LogP contribution >= 0.6 is 39.1 Å². The zero-order valence-corrected chi connectivity index (χ0v) is 11.6. The van der Waals surface area contributed by atoms with E-state index in [1.807, 2.05) is 6.07 Å². The molecule has 0 spiro atoms. The van der Waals surface area contributed by atoms with Crippen LogP contribution in [0.4, 0.5) is 17.2 Å². The van der Waals surface area contributed by atoms with Crippen molar-refractivity contribution in [2.24, 2.45) is 0 Å². The summed E-state index contributed by atoms with van der Waals surface area (Å²) in [7, 11) is 0. The number of anilines is 3. The summed E-state index contributed by atoms with van der Waals surface area (Å²) in [5.41, 5.74) is 7.02. The van der Waals surface area contributed by atoms with Gasteiger partial charge in [-0.1, -0.05) is 23.2 Å². The average molecular weight is 333 g/mol. The van der Waals surface area contributed by atoms with Crippen LogP contribution in [0, 0.1) is 0 Å². The number of rotatable bonds is 2. The third-order valence-corrected chi connectivity index (χ3v) is 3.13. The number of nitrogens with one attached hydrogen (secondary N) is 1. The van der Waals surface area contributed by atoms with Crippen molar-refractivity contribution in [2.75, 3.05) is 11.1 Å². The number of pyridine rings is 1. The fourth-order valence-electron chi connectivity index (χ4n) is 1.31. The quantitative estimate of drug-likeness (QED) is 0.797. The number of benzene rings is 1. The van der Waals surface area contributed by atoms with E-state index in [1.54, 1.807) is 24.3 Å². The highest BCUT2D eigenvalue weighted by Crippen LogP contribution is 2.29. The molecule has 1 aromatic heterocycles. The summed E-state index contributed by atoms with van der Waals surface area (Å²) in [6.07, 6.45) is 0. The minimum absolute atomic E-state index is 0.339. The van der Waals surface area contributed by atoms with E-state index in [0.29, 0.717) is 21.7 Å². The standard InChI is InChI=1S/C11H8BrCl2N3/c12-8-2-1-6(13)3-9(8)16-11-5-7(15)4-10(14)17-11/h1-5H,(H3,15,16,17). The molecule has 0 aliphatic heterocycles. The topological polar surface area (TPSA) is 50.9 Å². The second kappa shape index (κ2) is 5.12. The molecular weight excluding hydrogens is 325 g/mol. The largest absolute Gasteiger partial charge is 0.399 e. The van der Waals surface area contributed by atoms with Crippen molar-refractivity contribution < 1.29 is 0 Å². The van der Waals surface area contributed by atoms with Crippen molar-refractivity contribution in [3.63, 3.8) is 0 Å². The van der Waals surface area contributed by atoms with Crippen molar-refractivity contribution in [3.8, 4) is 0 Å². The van der Waals surface area contributed by atoms with E-state index in [2.05, 4.69) is 26.2 Å². The van der Waals surface area contributed by atoms with Gasteiger partial charge in [-0.3, -0.25) is 0 Å². The molecule has 3 nitrogen and oxygen atoms in total. The molecule has 1 heterocycles. The molecular formula is C11H8BrCl2N3. The van der Waals surface area contributed by atoms with Gasteiger partial charge in [-0.05, 0) is 40.2 Å². The Kier molecular flexibility index (Phi) is 3.76. The van der Waals surface area contributed by atoms with Gasteiger partial charge in [0.05, 0.1) is 5.69 Å². The number of hydrogen-bond donors (Lipinski definition) is 2. The van der Waals surface area contributed by atoms with Gasteiger partial charge in [0.1, 0.15) is 11.0 Å². The van der Waals surface area contributed by atoms with E-state index in [1.165, 1.54) is 0 Å². The molecule has 0 aliphatic rings. The summed E-state index contributed by atoms with van der Waals surface area (Å²) in [5, 5.41) is 4.06. The first-order valence-corrected chi connectivity index (χ1v) is 6.24. The molecule has 0 atom stereocenters. The van der Waals surface area contributed by atoms with E-state index in [0.717, 1.165) is 10.2 Å². The second-order valence-electron chi connectivity index (χ2n) is 3.36. The fraction of sp³-hybridized carbons (Fsp3) is 0. The van der Waals surface area contributed by atoms with Gasteiger partial charge in [0.2, 0.25) is 0 Å². The smallest absolute Gasteiger partial charge is 0.134 e. The summed E-state index contributed by atoms with van der Waals surface area (Å²) in [6, 6.07) is 8.69. The molecule has 0 saturated heterocycles. The van der Waals surface area contributed by atoms with Crippen molar-refractivity contribution in [1.82, 2.24) is 4.98 Å². The maximum atomic E-state index is 5.91. The number of aromatic nitrogens is 1. The first-order chi connectivity index (χ1) is 8.04. The Hall–Kier alpha value is -0.970. The lowest BCUT2D eigenvalue weighted by Crippen LogP contribution is -1.96. The Morgan fingerprint density at radius 2 is 1.94 bits per heavy atom. The molecule has 0 bridgehead atoms. The SMILES string of the molecule is Nc1cc(Cl)nc(Nc2cc(Cl)ccc2Br)c1. The molecule has 6 heteroatoms. The van der Waals surface area contributed by atoms with Crippen LogP contribution in [0.5, 0.6) is 0 Å². The van der Waals surface area contributed by atoms with Crippen molar-refractivity contribution in [1.29, 1.82) is 0 Å². The lowest BCUT2D eigenvalue weighted by atomic mass is 10.3. The minimum atomic E-state index is 0.339. The van der Waals surface area contributed by atoms with Gasteiger partial charge in [-0.25, -0.2) is 4.98 Å². The predicted octanol–water partition coefficient (Wildman–Crippen LogP) is 4.48. The highest BCUT2D eigenvalue weighted by Gasteiger charge is 2.04. The van der Waals surface area contributed by atoms with E-state index >= 15 is 0 Å². The Balaban J connectivity index is 2.34. The van der Waals surface area contributed by atoms with E-state index in [4.69, 9.17) is 28.9 Å². The Bertz CT molecular complexity index is 540. The molecule has 3 N–H and O–H groups in total. The Labute approximate surface area is 117 Å². The van der Waals surface area contributed by atoms with Gasteiger partial charge in [0, 0.05) is 21.2 Å². The van der Waals surface area contributed by atoms with Crippen LogP contribution in [-0.4, -0.2) is 4.98 Å². The summed E-state index contributed by atoms with van der Waals surface area (Å²) >= 11 is 15.1. The minimum Gasteiger partial charge on any atom is -0.399 e. The molecule has 2 rings (SSSR count). The highest BCUT2D eigenvalue weighted by atomic mass is 79.9. The number of nitrogen functional groups attached to an aromatic ring is 1. The Morgan fingerprint density at radius 3 is 2.65 bits per heavy atom. The van der Waals surface area contributed by atoms with Crippen molar-refractivity contribution in [3.05, 3.63) is 45.0 Å². The summed E-state index contributed by atoms with van der Waals surface area (Å²) in [4.78, 5) is 4.11. The molecule has 0 fully saturated rings. The monoisotopic (exact) mass is 331 g/mol. The predicted molar refractivity (Wildman–Crippen MR) is 76.1 cm³/mol. The summed E-state index contributed by atoms with van der Waals surface area (Å²) < 4.78 is 0.877. The number of hydrogen-bond acceptors (Lipinski definition) is 3. The molecule has 0 unspecified atom stereocenters. The third kappa shape index (κ3) is 3.25. The maximum Gasteiger partial charge on any atom is 0.134 e. The van der Waals surface area contributed by atoms with Crippen LogP contribution in [0.1, 0.15) is 0 Å². The van der Waals surface area contributed by atoms with Gasteiger partial charge < -0.3 is 11.1 Å². The van der Waals surface area contributed by atoms with Gasteiger partial charge in [0.25, 0.3) is 0 Å². The van der Waals surface area contributed by atoms with Gasteiger partial charge >= 0.3 is 0 Å². The third-order valence-electron chi connectivity index (χ3n) is 2.01. The Morgan fingerprint density at radius 1 is 1.18 bits per heavy atom. The molecule has 0 radical (unpaired) electrons. The summed E-state index contributed by atoms with van der Waals surface area (Å²) in [6.45, 7) is 0. The van der Waals surface area contributed by atoms with Crippen LogP contribution in [0.3, 0.4) is 0 Å². The number of halogens is 3. The lowest BCUT2D eigenvalue weighted by molar-refractivity contribution is 1.31. The highest BCUT2D eigenvalue weighted by molar-refractivity contribution is 9.10. The van der Waals surface area contributed by atoms with Crippen LogP contribution in [0.15, 0.2) is 34.8 Å². The summed E-state index contributed by atoms with van der Waals surface area (Å²) in [5.74, 6) is 0.568. The molecule has 17 heavy (non-hydrogen) atoms. The average Bonchev–Trinajstić information content (AvgIpc) is 2.22. The first-order valence-electron chi connectivity index (χ1n) is 4.70. The molecule has 0 amide bonds. The van der Waals surface area contributed by atoms with E-state index in [-0.39, 0.29) is 0 Å². The van der Waals surface area contributed by atoms with E-state index in [9.17, 15) is 0 Å². The van der Waals surface area contributed by atoms with Crippen LogP contribution < -0.4 is 11.1 Å². The van der Waals surface area contributed by atoms with Crippen LogP contribution in [-0.2, 0) is 0 Å². The molecule has 88 valence electrons. The lowest BCUT2D eigenvalue weighted by Gasteiger charge is -2.09. The molecule has 2 aromatic rings. The second-order valence-corrected chi connectivity index (χ2v) is 5.04.